The number of carbonyl (C=O) groups excluding carboxylic acids is 2. The van der Waals surface area contributed by atoms with E-state index in [-0.39, 0.29) is 24.8 Å². The number of benzene rings is 1. The van der Waals surface area contributed by atoms with E-state index in [2.05, 4.69) is 5.32 Å². The van der Waals surface area contributed by atoms with Crippen LogP contribution in [0.25, 0.3) is 0 Å². The lowest BCUT2D eigenvalue weighted by molar-refractivity contribution is -0.142. The molecule has 1 fully saturated rings. The number of carboxylic acids is 1. The Labute approximate surface area is 139 Å². The van der Waals surface area contributed by atoms with Crippen LogP contribution in [0.2, 0.25) is 5.02 Å². The predicted molar refractivity (Wildman–Crippen MR) is 86.3 cm³/mol. The van der Waals surface area contributed by atoms with E-state index in [1.54, 1.807) is 31.2 Å². The van der Waals surface area contributed by atoms with Gasteiger partial charge < -0.3 is 15.3 Å². The molecule has 2 N–H and O–H groups in total. The molecule has 0 saturated carbocycles. The molecule has 2 rings (SSSR count). The maximum Gasteiger partial charge on any atom is 0.308 e. The van der Waals surface area contributed by atoms with Gasteiger partial charge in [-0.1, -0.05) is 23.7 Å². The molecule has 0 aliphatic carbocycles. The number of hydrogen-bond acceptors (Lipinski definition) is 3. The molecule has 3 unspecified atom stereocenters. The SMILES string of the molecule is CC(NC(=O)C1CC(=O)N(c2ccccc2Cl)C1)C(C)C(=O)O. The Hall–Kier alpha value is -2.08. The zero-order valence-corrected chi connectivity index (χ0v) is 13.7. The fraction of sp³-hybridized carbons (Fsp3) is 0.438. The Morgan fingerprint density at radius 3 is 2.61 bits per heavy atom. The van der Waals surface area contributed by atoms with E-state index >= 15 is 0 Å². The van der Waals surface area contributed by atoms with E-state index in [0.29, 0.717) is 10.7 Å². The van der Waals surface area contributed by atoms with Crippen molar-refractivity contribution in [2.24, 2.45) is 11.8 Å². The number of hydrogen-bond donors (Lipinski definition) is 2. The lowest BCUT2D eigenvalue weighted by Crippen LogP contribution is -2.43. The predicted octanol–water partition coefficient (Wildman–Crippen LogP) is 1.92. The maximum atomic E-state index is 12.3. The number of halogens is 1. The summed E-state index contributed by atoms with van der Waals surface area (Å²) in [7, 11) is 0. The maximum absolute atomic E-state index is 12.3. The van der Waals surface area contributed by atoms with Crippen molar-refractivity contribution in [1.82, 2.24) is 5.32 Å². The third-order valence-electron chi connectivity index (χ3n) is 4.15. The topological polar surface area (TPSA) is 86.7 Å². The molecule has 0 aromatic heterocycles. The highest BCUT2D eigenvalue weighted by molar-refractivity contribution is 6.33. The minimum Gasteiger partial charge on any atom is -0.481 e. The van der Waals surface area contributed by atoms with E-state index in [1.165, 1.54) is 11.8 Å². The second kappa shape index (κ2) is 7.00. The van der Waals surface area contributed by atoms with Gasteiger partial charge in [0.2, 0.25) is 11.8 Å². The quantitative estimate of drug-likeness (QED) is 0.858. The number of para-hydroxylation sites is 1. The van der Waals surface area contributed by atoms with Gasteiger partial charge in [0.1, 0.15) is 0 Å². The molecule has 1 aliphatic rings. The van der Waals surface area contributed by atoms with Gasteiger partial charge in [-0.2, -0.15) is 0 Å². The largest absolute Gasteiger partial charge is 0.481 e. The summed E-state index contributed by atoms with van der Waals surface area (Å²) in [6.07, 6.45) is 0.0885. The average molecular weight is 339 g/mol. The molecule has 2 amide bonds. The van der Waals surface area contributed by atoms with Gasteiger partial charge >= 0.3 is 5.97 Å². The van der Waals surface area contributed by atoms with Crippen molar-refractivity contribution in [3.8, 4) is 0 Å². The summed E-state index contributed by atoms with van der Waals surface area (Å²) < 4.78 is 0. The Bertz CT molecular complexity index is 634. The first-order chi connectivity index (χ1) is 10.8. The van der Waals surface area contributed by atoms with Crippen molar-refractivity contribution < 1.29 is 19.5 Å². The van der Waals surface area contributed by atoms with Gasteiger partial charge in [0.05, 0.1) is 22.5 Å². The van der Waals surface area contributed by atoms with Crippen LogP contribution in [0.4, 0.5) is 5.69 Å². The fourth-order valence-electron chi connectivity index (χ4n) is 2.47. The van der Waals surface area contributed by atoms with Gasteiger partial charge in [0.15, 0.2) is 0 Å². The van der Waals surface area contributed by atoms with E-state index in [9.17, 15) is 14.4 Å². The highest BCUT2D eigenvalue weighted by Crippen LogP contribution is 2.31. The molecule has 6 nitrogen and oxygen atoms in total. The minimum absolute atomic E-state index is 0.0885. The van der Waals surface area contributed by atoms with Crippen LogP contribution in [0.5, 0.6) is 0 Å². The van der Waals surface area contributed by atoms with Crippen LogP contribution in [0.1, 0.15) is 20.3 Å². The molecule has 1 aromatic carbocycles. The van der Waals surface area contributed by atoms with E-state index in [4.69, 9.17) is 16.7 Å². The smallest absolute Gasteiger partial charge is 0.308 e. The summed E-state index contributed by atoms with van der Waals surface area (Å²) in [6.45, 7) is 3.41. The summed E-state index contributed by atoms with van der Waals surface area (Å²) in [5.74, 6) is -2.67. The van der Waals surface area contributed by atoms with E-state index in [1.807, 2.05) is 0 Å². The number of nitrogens with zero attached hydrogens (tertiary/aromatic N) is 1. The summed E-state index contributed by atoms with van der Waals surface area (Å²) in [5.41, 5.74) is 0.585. The highest BCUT2D eigenvalue weighted by Gasteiger charge is 2.36. The summed E-state index contributed by atoms with van der Waals surface area (Å²) >= 11 is 6.10. The first-order valence-corrected chi connectivity index (χ1v) is 7.77. The zero-order chi connectivity index (χ0) is 17.1. The standard InChI is InChI=1S/C16H19ClN2O4/c1-9(16(22)23)10(2)18-15(21)11-7-14(20)19(8-11)13-6-4-3-5-12(13)17/h3-6,9-11H,7-8H2,1-2H3,(H,18,21)(H,22,23). The van der Waals surface area contributed by atoms with Gasteiger partial charge in [0.25, 0.3) is 0 Å². The van der Waals surface area contributed by atoms with Crippen molar-refractivity contribution in [2.45, 2.75) is 26.3 Å². The van der Waals surface area contributed by atoms with Gasteiger partial charge in [-0.3, -0.25) is 14.4 Å². The number of carboxylic acid groups (broad SMARTS) is 1. The van der Waals surface area contributed by atoms with Crippen LogP contribution in [0.15, 0.2) is 24.3 Å². The van der Waals surface area contributed by atoms with Gasteiger partial charge in [-0.15, -0.1) is 0 Å². The highest BCUT2D eigenvalue weighted by atomic mass is 35.5. The van der Waals surface area contributed by atoms with Gasteiger partial charge in [-0.25, -0.2) is 0 Å². The van der Waals surface area contributed by atoms with Crippen molar-refractivity contribution >= 4 is 35.1 Å². The molecule has 0 radical (unpaired) electrons. The Balaban J connectivity index is 2.04. The van der Waals surface area contributed by atoms with Crippen molar-refractivity contribution in [2.75, 3.05) is 11.4 Å². The van der Waals surface area contributed by atoms with Crippen LogP contribution in [0, 0.1) is 11.8 Å². The molecule has 124 valence electrons. The molecule has 1 saturated heterocycles. The number of carbonyl (C=O) groups is 3. The van der Waals surface area contributed by atoms with Crippen molar-refractivity contribution in [1.29, 1.82) is 0 Å². The van der Waals surface area contributed by atoms with Crippen LogP contribution < -0.4 is 10.2 Å². The Morgan fingerprint density at radius 1 is 1.35 bits per heavy atom. The molecule has 23 heavy (non-hydrogen) atoms. The molecule has 0 spiro atoms. The van der Waals surface area contributed by atoms with Crippen LogP contribution in [0.3, 0.4) is 0 Å². The van der Waals surface area contributed by atoms with Crippen LogP contribution in [-0.2, 0) is 14.4 Å². The normalized spacial score (nSPS) is 20.2. The molecular weight excluding hydrogens is 320 g/mol. The molecule has 7 heteroatoms. The summed E-state index contributed by atoms with van der Waals surface area (Å²) in [4.78, 5) is 36.9. The fourth-order valence-corrected chi connectivity index (χ4v) is 2.71. The molecule has 0 bridgehead atoms. The molecule has 1 aromatic rings. The molecular formula is C16H19ClN2O4. The molecule has 1 aliphatic heterocycles. The lowest BCUT2D eigenvalue weighted by Gasteiger charge is -2.21. The third kappa shape index (κ3) is 3.82. The van der Waals surface area contributed by atoms with Gasteiger partial charge in [-0.05, 0) is 26.0 Å². The second-order valence-electron chi connectivity index (χ2n) is 5.78. The average Bonchev–Trinajstić information content (AvgIpc) is 2.88. The second-order valence-corrected chi connectivity index (χ2v) is 6.19. The van der Waals surface area contributed by atoms with Gasteiger partial charge in [0, 0.05) is 19.0 Å². The minimum atomic E-state index is -0.974. The number of anilines is 1. The Kier molecular flexibility index (Phi) is 5.26. The van der Waals surface area contributed by atoms with Crippen molar-refractivity contribution in [3.63, 3.8) is 0 Å². The number of nitrogens with one attached hydrogen (secondary N) is 1. The third-order valence-corrected chi connectivity index (χ3v) is 4.47. The Morgan fingerprint density at radius 2 is 2.00 bits per heavy atom. The van der Waals surface area contributed by atoms with E-state index in [0.717, 1.165) is 0 Å². The summed E-state index contributed by atoms with van der Waals surface area (Å²) in [5, 5.41) is 12.1. The first-order valence-electron chi connectivity index (χ1n) is 7.39. The molecule has 1 heterocycles. The lowest BCUT2D eigenvalue weighted by atomic mass is 10.0. The number of aliphatic carboxylic acids is 1. The van der Waals surface area contributed by atoms with Crippen LogP contribution in [-0.4, -0.2) is 35.5 Å². The van der Waals surface area contributed by atoms with Crippen molar-refractivity contribution in [3.05, 3.63) is 29.3 Å². The monoisotopic (exact) mass is 338 g/mol. The van der Waals surface area contributed by atoms with E-state index < -0.39 is 23.8 Å². The first kappa shape index (κ1) is 17.3. The molecule has 3 atom stereocenters. The van der Waals surface area contributed by atoms with Crippen LogP contribution >= 0.6 is 11.6 Å². The zero-order valence-electron chi connectivity index (χ0n) is 13.0. The number of rotatable bonds is 5. The number of amides is 2. The summed E-state index contributed by atoms with van der Waals surface area (Å²) in [6, 6.07) is 6.46.